The molecule has 1 aliphatic rings. The lowest BCUT2D eigenvalue weighted by atomic mass is 9.90. The lowest BCUT2D eigenvalue weighted by molar-refractivity contribution is 0.0474. The number of benzene rings is 2. The van der Waals surface area contributed by atoms with Gasteiger partial charge in [0.15, 0.2) is 23.9 Å². The van der Waals surface area contributed by atoms with Gasteiger partial charge in [0.1, 0.15) is 0 Å². The van der Waals surface area contributed by atoms with Crippen molar-refractivity contribution in [3.63, 3.8) is 0 Å². The van der Waals surface area contributed by atoms with Crippen LogP contribution in [0.2, 0.25) is 5.02 Å². The molecule has 2 aromatic carbocycles. The van der Waals surface area contributed by atoms with Crippen molar-refractivity contribution < 1.29 is 24.2 Å². The van der Waals surface area contributed by atoms with Gasteiger partial charge >= 0.3 is 5.97 Å². The number of hydrogen-bond acceptors (Lipinski definition) is 5. The molecule has 2 aromatic rings. The Morgan fingerprint density at radius 2 is 1.81 bits per heavy atom. The van der Waals surface area contributed by atoms with Crippen LogP contribution in [0.1, 0.15) is 51.6 Å². The second kappa shape index (κ2) is 8.44. The topological polar surface area (TPSA) is 72.8 Å². The number of carbonyl (C=O) groups is 2. The largest absolute Gasteiger partial charge is 0.503 e. The highest BCUT2D eigenvalue weighted by molar-refractivity contribution is 6.32. The Labute approximate surface area is 162 Å². The second-order valence-corrected chi connectivity index (χ2v) is 6.83. The smallest absolute Gasteiger partial charge is 0.338 e. The molecule has 0 amide bonds. The molecule has 0 bridgehead atoms. The van der Waals surface area contributed by atoms with E-state index >= 15 is 0 Å². The third-order valence-corrected chi connectivity index (χ3v) is 4.86. The van der Waals surface area contributed by atoms with Gasteiger partial charge < -0.3 is 14.6 Å². The Morgan fingerprint density at radius 1 is 1.07 bits per heavy atom. The molecule has 0 aromatic heterocycles. The third kappa shape index (κ3) is 4.42. The molecular formula is C21H21ClO5. The fourth-order valence-electron chi connectivity index (χ4n) is 3.16. The van der Waals surface area contributed by atoms with Crippen LogP contribution in [0.15, 0.2) is 30.3 Å². The Hall–Kier alpha value is -2.53. The predicted molar refractivity (Wildman–Crippen MR) is 102 cm³/mol. The quantitative estimate of drug-likeness (QED) is 0.587. The molecule has 0 saturated carbocycles. The third-order valence-electron chi connectivity index (χ3n) is 4.57. The fourth-order valence-corrected chi connectivity index (χ4v) is 3.37. The average molecular weight is 389 g/mol. The van der Waals surface area contributed by atoms with Crippen molar-refractivity contribution in [3.8, 4) is 11.5 Å². The summed E-state index contributed by atoms with van der Waals surface area (Å²) in [6, 6.07) is 8.29. The van der Waals surface area contributed by atoms with Crippen LogP contribution in [0.3, 0.4) is 0 Å². The average Bonchev–Trinajstić information content (AvgIpc) is 2.68. The first-order valence-electron chi connectivity index (χ1n) is 8.97. The summed E-state index contributed by atoms with van der Waals surface area (Å²) in [5.74, 6) is -1.10. The number of phenolic OH excluding ortho intramolecular Hbond substituents is 1. The molecule has 5 nitrogen and oxygen atoms in total. The van der Waals surface area contributed by atoms with E-state index in [4.69, 9.17) is 21.1 Å². The summed E-state index contributed by atoms with van der Waals surface area (Å²) in [7, 11) is 0. The van der Waals surface area contributed by atoms with Gasteiger partial charge in [-0.15, -0.1) is 0 Å². The molecule has 1 aliphatic carbocycles. The maximum Gasteiger partial charge on any atom is 0.338 e. The maximum atomic E-state index is 12.4. The predicted octanol–water partition coefficient (Wildman–Crippen LogP) is 4.36. The van der Waals surface area contributed by atoms with Crippen molar-refractivity contribution in [2.75, 3.05) is 13.2 Å². The number of rotatable bonds is 6. The van der Waals surface area contributed by atoms with E-state index in [1.807, 2.05) is 12.1 Å². The Morgan fingerprint density at radius 3 is 2.56 bits per heavy atom. The van der Waals surface area contributed by atoms with Crippen LogP contribution < -0.4 is 4.74 Å². The highest BCUT2D eigenvalue weighted by Crippen LogP contribution is 2.35. The molecule has 0 spiro atoms. The highest BCUT2D eigenvalue weighted by atomic mass is 35.5. The van der Waals surface area contributed by atoms with Crippen molar-refractivity contribution in [3.05, 3.63) is 57.6 Å². The lowest BCUT2D eigenvalue weighted by Crippen LogP contribution is -2.15. The number of fused-ring (bicyclic) bond motifs is 1. The second-order valence-electron chi connectivity index (χ2n) is 6.43. The monoisotopic (exact) mass is 388 g/mol. The van der Waals surface area contributed by atoms with E-state index in [2.05, 4.69) is 0 Å². The van der Waals surface area contributed by atoms with E-state index in [0.29, 0.717) is 12.2 Å². The first kappa shape index (κ1) is 19.2. The van der Waals surface area contributed by atoms with E-state index < -0.39 is 5.97 Å². The molecule has 0 atom stereocenters. The van der Waals surface area contributed by atoms with Crippen LogP contribution in [-0.2, 0) is 17.6 Å². The number of carbonyl (C=O) groups excluding carboxylic acids is 2. The minimum atomic E-state index is -0.704. The number of Topliss-reactive ketones (excluding diaryl/α,β-unsaturated/α-hetero) is 1. The van der Waals surface area contributed by atoms with Gasteiger partial charge in [-0.25, -0.2) is 4.79 Å². The molecule has 0 aliphatic heterocycles. The zero-order valence-corrected chi connectivity index (χ0v) is 15.8. The van der Waals surface area contributed by atoms with Crippen LogP contribution in [0.25, 0.3) is 0 Å². The standard InChI is InChI=1S/C21H21ClO5/c1-2-26-19-11-16(10-17(22)20(19)24)21(25)27-12-18(23)15-8-7-13-5-3-4-6-14(13)9-15/h7-11,24H,2-6,12H2,1H3. The zero-order chi connectivity index (χ0) is 19.4. The van der Waals surface area contributed by atoms with Crippen LogP contribution in [-0.4, -0.2) is 30.1 Å². The summed E-state index contributed by atoms with van der Waals surface area (Å²) in [5, 5.41) is 9.82. The lowest BCUT2D eigenvalue weighted by Gasteiger charge is -2.16. The Balaban J connectivity index is 1.67. The van der Waals surface area contributed by atoms with Gasteiger partial charge in [-0.3, -0.25) is 4.79 Å². The van der Waals surface area contributed by atoms with E-state index in [1.54, 1.807) is 13.0 Å². The van der Waals surface area contributed by atoms with Crippen LogP contribution >= 0.6 is 11.6 Å². The van der Waals surface area contributed by atoms with Gasteiger partial charge in [-0.2, -0.15) is 0 Å². The van der Waals surface area contributed by atoms with Crippen molar-refractivity contribution in [1.29, 1.82) is 0 Å². The summed E-state index contributed by atoms with van der Waals surface area (Å²) in [4.78, 5) is 24.7. The molecule has 0 fully saturated rings. The number of aromatic hydroxyl groups is 1. The fraction of sp³-hybridized carbons (Fsp3) is 0.333. The van der Waals surface area contributed by atoms with Crippen molar-refractivity contribution in [1.82, 2.24) is 0 Å². The molecule has 0 heterocycles. The molecular weight excluding hydrogens is 368 g/mol. The van der Waals surface area contributed by atoms with Gasteiger partial charge in [0.05, 0.1) is 17.2 Å². The molecule has 142 valence electrons. The molecule has 1 N–H and O–H groups in total. The number of phenols is 1. The number of halogens is 1. The number of aryl methyl sites for hydroxylation is 2. The molecule has 0 saturated heterocycles. The van der Waals surface area contributed by atoms with Crippen LogP contribution in [0, 0.1) is 0 Å². The van der Waals surface area contributed by atoms with Gasteiger partial charge in [0.2, 0.25) is 0 Å². The van der Waals surface area contributed by atoms with Gasteiger partial charge in [-0.1, -0.05) is 23.7 Å². The first-order chi connectivity index (χ1) is 13.0. The zero-order valence-electron chi connectivity index (χ0n) is 15.1. The molecule has 0 unspecified atom stereocenters. The summed E-state index contributed by atoms with van der Waals surface area (Å²) in [6.07, 6.45) is 4.32. The molecule has 6 heteroatoms. The maximum absolute atomic E-state index is 12.4. The normalized spacial score (nSPS) is 13.0. The van der Waals surface area contributed by atoms with E-state index in [9.17, 15) is 14.7 Å². The molecule has 3 rings (SSSR count). The number of esters is 1. The number of hydrogen-bond donors (Lipinski definition) is 1. The Bertz CT molecular complexity index is 875. The first-order valence-corrected chi connectivity index (χ1v) is 9.34. The van der Waals surface area contributed by atoms with Crippen molar-refractivity contribution in [2.45, 2.75) is 32.6 Å². The van der Waals surface area contributed by atoms with Gasteiger partial charge in [0, 0.05) is 5.56 Å². The summed E-state index contributed by atoms with van der Waals surface area (Å²) in [5.41, 5.74) is 3.14. The summed E-state index contributed by atoms with van der Waals surface area (Å²) < 4.78 is 10.4. The van der Waals surface area contributed by atoms with Gasteiger partial charge in [-0.05, 0) is 61.9 Å². The minimum Gasteiger partial charge on any atom is -0.503 e. The van der Waals surface area contributed by atoms with Crippen molar-refractivity contribution in [2.24, 2.45) is 0 Å². The van der Waals surface area contributed by atoms with E-state index in [1.165, 1.54) is 29.7 Å². The highest BCUT2D eigenvalue weighted by Gasteiger charge is 2.18. The molecule has 0 radical (unpaired) electrons. The summed E-state index contributed by atoms with van der Waals surface area (Å²) >= 11 is 5.92. The van der Waals surface area contributed by atoms with Gasteiger partial charge in [0.25, 0.3) is 0 Å². The van der Waals surface area contributed by atoms with Crippen LogP contribution in [0.5, 0.6) is 11.5 Å². The SMILES string of the molecule is CCOc1cc(C(=O)OCC(=O)c2ccc3c(c2)CCCC3)cc(Cl)c1O. The van der Waals surface area contributed by atoms with Crippen LogP contribution in [0.4, 0.5) is 0 Å². The van der Waals surface area contributed by atoms with Crippen molar-refractivity contribution >= 4 is 23.4 Å². The number of ether oxygens (including phenoxy) is 2. The Kier molecular flexibility index (Phi) is 6.01. The van der Waals surface area contributed by atoms with E-state index in [-0.39, 0.29) is 34.5 Å². The molecule has 27 heavy (non-hydrogen) atoms. The summed E-state index contributed by atoms with van der Waals surface area (Å²) in [6.45, 7) is 1.69. The number of ketones is 1. The van der Waals surface area contributed by atoms with E-state index in [0.717, 1.165) is 19.3 Å². The minimum absolute atomic E-state index is 0.0195.